The van der Waals surface area contributed by atoms with Crippen LogP contribution < -0.4 is 10.4 Å². The minimum absolute atomic E-state index is 0.303. The molecule has 0 aliphatic carbocycles. The molecule has 1 fully saturated rings. The number of aromatic nitrogens is 3. The first-order chi connectivity index (χ1) is 17.1. The number of anilines is 1. The fourth-order valence-electron chi connectivity index (χ4n) is 4.58. The lowest BCUT2D eigenvalue weighted by molar-refractivity contribution is 0.477. The van der Waals surface area contributed by atoms with Gasteiger partial charge in [-0.15, -0.1) is 0 Å². The van der Waals surface area contributed by atoms with E-state index in [1.165, 1.54) is 0 Å². The van der Waals surface area contributed by atoms with Gasteiger partial charge in [0, 0.05) is 42.5 Å². The largest absolute Gasteiger partial charge is 0.292 e. The molecule has 2 aromatic heterocycles. The number of allylic oxidation sites excluding steroid dienone is 2. The SMILES string of the molecule is O=S(=O)(c1cccc(N2C=CC=C(c3ccnn3-c3cccc4cnccc34)N2)c1)N1CCCC1. The summed E-state index contributed by atoms with van der Waals surface area (Å²) >= 11 is 0. The van der Waals surface area contributed by atoms with Crippen molar-refractivity contribution in [3.05, 3.63) is 97.2 Å². The number of hydrazine groups is 1. The molecule has 0 radical (unpaired) electrons. The van der Waals surface area contributed by atoms with E-state index in [9.17, 15) is 8.42 Å². The van der Waals surface area contributed by atoms with Gasteiger partial charge in [0.05, 0.1) is 33.9 Å². The summed E-state index contributed by atoms with van der Waals surface area (Å²) in [4.78, 5) is 4.53. The first kappa shape index (κ1) is 21.6. The van der Waals surface area contributed by atoms with Crippen molar-refractivity contribution in [3.8, 4) is 5.69 Å². The molecule has 35 heavy (non-hydrogen) atoms. The molecule has 176 valence electrons. The Bertz CT molecular complexity index is 1560. The van der Waals surface area contributed by atoms with Crippen LogP contribution in [0.3, 0.4) is 0 Å². The van der Waals surface area contributed by atoms with E-state index < -0.39 is 10.0 Å². The summed E-state index contributed by atoms with van der Waals surface area (Å²) in [6, 6.07) is 17.0. The zero-order valence-corrected chi connectivity index (χ0v) is 19.8. The van der Waals surface area contributed by atoms with Gasteiger partial charge >= 0.3 is 0 Å². The molecule has 0 saturated carbocycles. The predicted octanol–water partition coefficient (Wildman–Crippen LogP) is 4.08. The summed E-state index contributed by atoms with van der Waals surface area (Å²) < 4.78 is 29.6. The Morgan fingerprint density at radius 3 is 2.69 bits per heavy atom. The van der Waals surface area contributed by atoms with Gasteiger partial charge in [-0.2, -0.15) is 9.40 Å². The molecule has 2 aliphatic heterocycles. The van der Waals surface area contributed by atoms with E-state index in [-0.39, 0.29) is 0 Å². The van der Waals surface area contributed by atoms with Crippen LogP contribution in [0.15, 0.2) is 96.4 Å². The number of nitrogens with one attached hydrogen (secondary N) is 1. The quantitative estimate of drug-likeness (QED) is 0.460. The van der Waals surface area contributed by atoms with Crippen LogP contribution in [0.1, 0.15) is 18.5 Å². The Balaban J connectivity index is 1.31. The summed E-state index contributed by atoms with van der Waals surface area (Å²) in [6.45, 7) is 1.16. The molecule has 0 spiro atoms. The number of hydrogen-bond acceptors (Lipinski definition) is 6. The van der Waals surface area contributed by atoms with Gasteiger partial charge in [0.25, 0.3) is 0 Å². The van der Waals surface area contributed by atoms with E-state index in [0.29, 0.717) is 18.0 Å². The summed E-state index contributed by atoms with van der Waals surface area (Å²) in [7, 11) is -3.50. The van der Waals surface area contributed by atoms with Crippen LogP contribution in [0.4, 0.5) is 5.69 Å². The molecule has 0 atom stereocenters. The molecule has 1 N–H and O–H groups in total. The number of benzene rings is 2. The molecule has 2 aliphatic rings. The van der Waals surface area contributed by atoms with Crippen LogP contribution >= 0.6 is 0 Å². The molecule has 4 aromatic rings. The van der Waals surface area contributed by atoms with Crippen LogP contribution in [0, 0.1) is 0 Å². The summed E-state index contributed by atoms with van der Waals surface area (Å²) in [5.74, 6) is 0. The fraction of sp³-hybridized carbons (Fsp3) is 0.154. The minimum atomic E-state index is -3.50. The van der Waals surface area contributed by atoms with Crippen LogP contribution in [0.25, 0.3) is 22.2 Å². The molecule has 0 unspecified atom stereocenters. The van der Waals surface area contributed by atoms with E-state index in [4.69, 9.17) is 0 Å². The second-order valence-electron chi connectivity index (χ2n) is 8.51. The Hall–Kier alpha value is -3.95. The highest BCUT2D eigenvalue weighted by Gasteiger charge is 2.27. The molecule has 2 aromatic carbocycles. The Labute approximate surface area is 203 Å². The van der Waals surface area contributed by atoms with E-state index in [1.807, 2.05) is 70.6 Å². The monoisotopic (exact) mass is 484 g/mol. The zero-order valence-electron chi connectivity index (χ0n) is 18.9. The molecule has 0 bridgehead atoms. The van der Waals surface area contributed by atoms with Crippen molar-refractivity contribution in [1.29, 1.82) is 0 Å². The maximum atomic E-state index is 13.1. The molecule has 0 amide bonds. The van der Waals surface area contributed by atoms with Gasteiger partial charge in [-0.25, -0.2) is 13.1 Å². The number of hydrogen-bond donors (Lipinski definition) is 1. The van der Waals surface area contributed by atoms with Crippen molar-refractivity contribution < 1.29 is 8.42 Å². The average Bonchev–Trinajstić information content (AvgIpc) is 3.62. The Morgan fingerprint density at radius 1 is 0.943 bits per heavy atom. The molecule has 4 heterocycles. The van der Waals surface area contributed by atoms with E-state index in [1.54, 1.807) is 34.9 Å². The first-order valence-electron chi connectivity index (χ1n) is 11.5. The van der Waals surface area contributed by atoms with Crippen LogP contribution in [-0.2, 0) is 10.0 Å². The number of rotatable bonds is 5. The number of fused-ring (bicyclic) bond motifs is 1. The summed E-state index contributed by atoms with van der Waals surface area (Å²) in [5.41, 5.74) is 6.80. The van der Waals surface area contributed by atoms with Crippen LogP contribution in [0.2, 0.25) is 0 Å². The average molecular weight is 485 g/mol. The number of nitrogens with zero attached hydrogens (tertiary/aromatic N) is 5. The number of pyridine rings is 1. The maximum Gasteiger partial charge on any atom is 0.243 e. The molecule has 9 heteroatoms. The maximum absolute atomic E-state index is 13.1. The van der Waals surface area contributed by atoms with Gasteiger partial charge in [0.1, 0.15) is 0 Å². The highest BCUT2D eigenvalue weighted by molar-refractivity contribution is 7.89. The van der Waals surface area contributed by atoms with Crippen LogP contribution in [0.5, 0.6) is 0 Å². The second kappa shape index (κ2) is 8.68. The van der Waals surface area contributed by atoms with E-state index in [0.717, 1.165) is 46.4 Å². The third-order valence-corrected chi connectivity index (χ3v) is 8.24. The fourth-order valence-corrected chi connectivity index (χ4v) is 6.14. The molecular weight excluding hydrogens is 460 g/mol. The number of sulfonamides is 1. The van der Waals surface area contributed by atoms with Crippen molar-refractivity contribution >= 4 is 32.2 Å². The lowest BCUT2D eigenvalue weighted by atomic mass is 10.1. The second-order valence-corrected chi connectivity index (χ2v) is 10.5. The van der Waals surface area contributed by atoms with Gasteiger partial charge in [-0.05, 0) is 61.4 Å². The highest BCUT2D eigenvalue weighted by Crippen LogP contribution is 2.28. The lowest BCUT2D eigenvalue weighted by Gasteiger charge is -2.27. The third kappa shape index (κ3) is 3.88. The summed E-state index contributed by atoms with van der Waals surface area (Å²) in [5, 5.41) is 8.50. The topological polar surface area (TPSA) is 83.4 Å². The standard InChI is InChI=1S/C26H24N6O2S/c33-35(34,30-15-1-2-16-30)22-8-4-7-21(18-22)31-17-5-9-24(29-31)26-12-14-28-32(26)25-10-3-6-20-19-27-13-11-23(20)25/h3-14,17-19,29H,1-2,15-16H2. The predicted molar refractivity (Wildman–Crippen MR) is 136 cm³/mol. The van der Waals surface area contributed by atoms with E-state index >= 15 is 0 Å². The minimum Gasteiger partial charge on any atom is -0.292 e. The molecule has 1 saturated heterocycles. The van der Waals surface area contributed by atoms with Gasteiger partial charge < -0.3 is 0 Å². The molecule has 8 nitrogen and oxygen atoms in total. The zero-order chi connectivity index (χ0) is 23.8. The van der Waals surface area contributed by atoms with Crippen molar-refractivity contribution in [1.82, 2.24) is 24.5 Å². The van der Waals surface area contributed by atoms with Crippen molar-refractivity contribution in [2.75, 3.05) is 18.1 Å². The molecular formula is C26H24N6O2S. The Kier molecular flexibility index (Phi) is 5.35. The summed E-state index contributed by atoms with van der Waals surface area (Å²) in [6.07, 6.45) is 13.0. The van der Waals surface area contributed by atoms with Crippen LogP contribution in [-0.4, -0.2) is 40.6 Å². The third-order valence-electron chi connectivity index (χ3n) is 6.34. The molecule has 6 rings (SSSR count). The van der Waals surface area contributed by atoms with Crippen molar-refractivity contribution in [3.63, 3.8) is 0 Å². The lowest BCUT2D eigenvalue weighted by Crippen LogP contribution is -2.34. The Morgan fingerprint density at radius 2 is 1.80 bits per heavy atom. The van der Waals surface area contributed by atoms with Gasteiger partial charge in [-0.1, -0.05) is 18.2 Å². The van der Waals surface area contributed by atoms with E-state index in [2.05, 4.69) is 15.5 Å². The highest BCUT2D eigenvalue weighted by atomic mass is 32.2. The van der Waals surface area contributed by atoms with Crippen molar-refractivity contribution in [2.45, 2.75) is 17.7 Å². The van der Waals surface area contributed by atoms with Crippen molar-refractivity contribution in [2.24, 2.45) is 0 Å². The van der Waals surface area contributed by atoms with Gasteiger partial charge in [0.15, 0.2) is 0 Å². The van der Waals surface area contributed by atoms with Gasteiger partial charge in [0.2, 0.25) is 10.0 Å². The van der Waals surface area contributed by atoms with Gasteiger partial charge in [-0.3, -0.25) is 15.4 Å². The first-order valence-corrected chi connectivity index (χ1v) is 13.0. The normalized spacial score (nSPS) is 16.5. The smallest absolute Gasteiger partial charge is 0.243 e.